The molecular formula is C12H8N4. The smallest absolute Gasteiger partial charge is 0.131 e. The minimum atomic E-state index is -0.0912. The third kappa shape index (κ3) is 2.61. The van der Waals surface area contributed by atoms with Crippen LogP contribution >= 0.6 is 0 Å². The molecule has 0 aromatic carbocycles. The first-order valence-corrected chi connectivity index (χ1v) is 4.49. The number of allylic oxidation sites excluding steroid dienone is 7. The first-order valence-electron chi connectivity index (χ1n) is 4.49. The second kappa shape index (κ2) is 5.20. The molecule has 0 spiro atoms. The summed E-state index contributed by atoms with van der Waals surface area (Å²) in [7, 11) is 0. The fourth-order valence-corrected chi connectivity index (χ4v) is 1.15. The summed E-state index contributed by atoms with van der Waals surface area (Å²) in [6.45, 7) is 1.86. The van der Waals surface area contributed by atoms with Gasteiger partial charge in [-0.1, -0.05) is 6.08 Å². The molecule has 0 saturated carbocycles. The summed E-state index contributed by atoms with van der Waals surface area (Å²) in [5.74, 6) is 0. The molecule has 1 rings (SSSR count). The van der Waals surface area contributed by atoms with Gasteiger partial charge in [-0.3, -0.25) is 0 Å². The number of nitrogens with zero attached hydrogens (tertiary/aromatic N) is 3. The monoisotopic (exact) mass is 208 g/mol. The Balaban J connectivity index is 3.16. The van der Waals surface area contributed by atoms with E-state index in [1.807, 2.05) is 19.1 Å². The van der Waals surface area contributed by atoms with Crippen LogP contribution in [0.4, 0.5) is 0 Å². The summed E-state index contributed by atoms with van der Waals surface area (Å²) < 4.78 is 0. The predicted molar refractivity (Wildman–Crippen MR) is 58.0 cm³/mol. The van der Waals surface area contributed by atoms with Crippen molar-refractivity contribution in [1.82, 2.24) is 5.32 Å². The number of nitriles is 3. The van der Waals surface area contributed by atoms with Crippen molar-refractivity contribution >= 4 is 0 Å². The lowest BCUT2D eigenvalue weighted by Gasteiger charge is -2.11. The lowest BCUT2D eigenvalue weighted by Crippen LogP contribution is -2.13. The van der Waals surface area contributed by atoms with E-state index in [0.29, 0.717) is 5.70 Å². The van der Waals surface area contributed by atoms with Crippen LogP contribution in [-0.4, -0.2) is 0 Å². The summed E-state index contributed by atoms with van der Waals surface area (Å²) in [4.78, 5) is 0. The number of nitrogens with one attached hydrogen (secondary N) is 1. The van der Waals surface area contributed by atoms with E-state index in [1.54, 1.807) is 24.3 Å². The summed E-state index contributed by atoms with van der Waals surface area (Å²) in [5, 5.41) is 29.1. The van der Waals surface area contributed by atoms with Gasteiger partial charge in [-0.25, -0.2) is 0 Å². The van der Waals surface area contributed by atoms with Crippen molar-refractivity contribution in [3.8, 4) is 18.2 Å². The molecule has 1 heterocycles. The molecule has 1 aliphatic rings. The van der Waals surface area contributed by atoms with Gasteiger partial charge in [-0.15, -0.1) is 0 Å². The fourth-order valence-electron chi connectivity index (χ4n) is 1.15. The van der Waals surface area contributed by atoms with Gasteiger partial charge in [0.05, 0.1) is 11.3 Å². The lowest BCUT2D eigenvalue weighted by molar-refractivity contribution is 0.981. The van der Waals surface area contributed by atoms with Gasteiger partial charge in [0.25, 0.3) is 0 Å². The summed E-state index contributed by atoms with van der Waals surface area (Å²) in [6.07, 6.45) is 6.64. The molecule has 4 heteroatoms. The van der Waals surface area contributed by atoms with Crippen LogP contribution in [-0.2, 0) is 0 Å². The molecule has 0 aliphatic carbocycles. The van der Waals surface area contributed by atoms with Crippen LogP contribution in [0.1, 0.15) is 6.92 Å². The Hall–Kier alpha value is -2.77. The van der Waals surface area contributed by atoms with Crippen LogP contribution in [0, 0.1) is 34.0 Å². The maximum Gasteiger partial charge on any atom is 0.131 e. The average molecular weight is 208 g/mol. The maximum absolute atomic E-state index is 8.94. The average Bonchev–Trinajstić information content (AvgIpc) is 2.31. The summed E-state index contributed by atoms with van der Waals surface area (Å²) in [6, 6.07) is 5.38. The van der Waals surface area contributed by atoms with E-state index >= 15 is 0 Å². The molecule has 0 aromatic heterocycles. The highest BCUT2D eigenvalue weighted by Gasteiger charge is 2.05. The van der Waals surface area contributed by atoms with E-state index in [0.717, 1.165) is 5.70 Å². The van der Waals surface area contributed by atoms with Gasteiger partial charge in [0.1, 0.15) is 23.8 Å². The van der Waals surface area contributed by atoms with Crippen molar-refractivity contribution in [3.05, 3.63) is 46.8 Å². The SMILES string of the molecule is CC1=CC=CC(=C(C#N)C=C(C#N)C#N)N1. The van der Waals surface area contributed by atoms with E-state index in [-0.39, 0.29) is 11.1 Å². The standard InChI is InChI=1S/C12H8N4/c1-9-3-2-4-12(16-9)11(8-15)5-10(6-13)7-14/h2-5,16H,1H3. The first kappa shape index (κ1) is 11.3. The molecule has 76 valence electrons. The Kier molecular flexibility index (Phi) is 3.67. The van der Waals surface area contributed by atoms with Gasteiger partial charge in [0, 0.05) is 5.70 Å². The molecular weight excluding hydrogens is 200 g/mol. The third-order valence-electron chi connectivity index (χ3n) is 1.88. The van der Waals surface area contributed by atoms with E-state index in [2.05, 4.69) is 5.32 Å². The third-order valence-corrected chi connectivity index (χ3v) is 1.88. The normalized spacial score (nSPS) is 15.8. The number of rotatable bonds is 1. The topological polar surface area (TPSA) is 83.4 Å². The van der Waals surface area contributed by atoms with Crippen molar-refractivity contribution in [1.29, 1.82) is 15.8 Å². The summed E-state index contributed by atoms with van der Waals surface area (Å²) >= 11 is 0. The van der Waals surface area contributed by atoms with Crippen molar-refractivity contribution in [2.24, 2.45) is 0 Å². The van der Waals surface area contributed by atoms with Crippen LogP contribution in [0.15, 0.2) is 46.8 Å². The highest BCUT2D eigenvalue weighted by atomic mass is 14.9. The molecule has 0 radical (unpaired) electrons. The fraction of sp³-hybridized carbons (Fsp3) is 0.0833. The van der Waals surface area contributed by atoms with Gasteiger partial charge in [-0.05, 0) is 25.2 Å². The van der Waals surface area contributed by atoms with Crippen LogP contribution < -0.4 is 5.32 Å². The van der Waals surface area contributed by atoms with Gasteiger partial charge in [-0.2, -0.15) is 15.8 Å². The van der Waals surface area contributed by atoms with E-state index in [9.17, 15) is 0 Å². The summed E-state index contributed by atoms with van der Waals surface area (Å²) in [5.41, 5.74) is 1.66. The predicted octanol–water partition coefficient (Wildman–Crippen LogP) is 1.80. The van der Waals surface area contributed by atoms with E-state index in [1.165, 1.54) is 6.08 Å². The van der Waals surface area contributed by atoms with E-state index < -0.39 is 0 Å². The Morgan fingerprint density at radius 3 is 2.44 bits per heavy atom. The van der Waals surface area contributed by atoms with Crippen LogP contribution in [0.25, 0.3) is 0 Å². The second-order valence-electron chi connectivity index (χ2n) is 3.05. The van der Waals surface area contributed by atoms with Crippen molar-refractivity contribution < 1.29 is 0 Å². The van der Waals surface area contributed by atoms with Gasteiger partial charge in [0.15, 0.2) is 0 Å². The molecule has 0 unspecified atom stereocenters. The highest BCUT2D eigenvalue weighted by Crippen LogP contribution is 2.12. The lowest BCUT2D eigenvalue weighted by atomic mass is 10.1. The zero-order valence-corrected chi connectivity index (χ0v) is 8.65. The molecule has 4 nitrogen and oxygen atoms in total. The largest absolute Gasteiger partial charge is 0.358 e. The first-order chi connectivity index (χ1) is 7.71. The zero-order chi connectivity index (χ0) is 12.0. The Morgan fingerprint density at radius 2 is 1.94 bits per heavy atom. The van der Waals surface area contributed by atoms with Crippen LogP contribution in [0.3, 0.4) is 0 Å². The molecule has 0 atom stereocenters. The molecule has 1 N–H and O–H groups in total. The Labute approximate surface area is 93.7 Å². The number of dihydropyridines is 1. The van der Waals surface area contributed by atoms with Crippen molar-refractivity contribution in [3.63, 3.8) is 0 Å². The zero-order valence-electron chi connectivity index (χ0n) is 8.65. The molecule has 0 aromatic rings. The molecule has 0 amide bonds. The second-order valence-corrected chi connectivity index (χ2v) is 3.05. The molecule has 0 bridgehead atoms. The quantitative estimate of drug-likeness (QED) is 0.666. The highest BCUT2D eigenvalue weighted by molar-refractivity contribution is 5.51. The molecule has 1 aliphatic heterocycles. The molecule has 0 saturated heterocycles. The molecule has 16 heavy (non-hydrogen) atoms. The van der Waals surface area contributed by atoms with Crippen molar-refractivity contribution in [2.45, 2.75) is 6.92 Å². The minimum absolute atomic E-state index is 0.0912. The Bertz CT molecular complexity index is 523. The van der Waals surface area contributed by atoms with Crippen LogP contribution in [0.2, 0.25) is 0 Å². The van der Waals surface area contributed by atoms with Crippen LogP contribution in [0.5, 0.6) is 0 Å². The number of hydrogen-bond acceptors (Lipinski definition) is 4. The van der Waals surface area contributed by atoms with Gasteiger partial charge in [0.2, 0.25) is 0 Å². The maximum atomic E-state index is 8.94. The number of hydrogen-bond donors (Lipinski definition) is 1. The van der Waals surface area contributed by atoms with Gasteiger partial charge < -0.3 is 5.32 Å². The van der Waals surface area contributed by atoms with Gasteiger partial charge >= 0.3 is 0 Å². The van der Waals surface area contributed by atoms with Crippen molar-refractivity contribution in [2.75, 3.05) is 0 Å². The van der Waals surface area contributed by atoms with E-state index in [4.69, 9.17) is 15.8 Å². The Morgan fingerprint density at radius 1 is 1.25 bits per heavy atom. The minimum Gasteiger partial charge on any atom is -0.358 e. The molecule has 0 fully saturated rings.